The number of carbonyl (C=O) groups is 1. The quantitative estimate of drug-likeness (QED) is 0.133. The molecule has 0 bridgehead atoms. The minimum atomic E-state index is -0.160. The molecular formula is C19H20IN7O2S. The fourth-order valence-electron chi connectivity index (χ4n) is 2.34. The maximum Gasteiger partial charge on any atom is 0.264 e. The van der Waals surface area contributed by atoms with E-state index in [0.717, 1.165) is 26.3 Å². The number of hydrazone groups is 1. The summed E-state index contributed by atoms with van der Waals surface area (Å²) < 4.78 is 7.51. The standard InChI is InChI=1S/C19H20IN7O2S/c1-12(13-3-9-16(29-2)10-4-13)23-24-18-25-26-19(27(18)21)30-11-17(28)22-15-7-5-14(20)6-8-15/h3-10H,11,21H2,1-2H3,(H,22,28)(H,24,25)/b23-12+. The molecule has 9 nitrogen and oxygen atoms in total. The van der Waals surface area contributed by atoms with Crippen LogP contribution in [0.4, 0.5) is 11.6 Å². The molecule has 11 heteroatoms. The first kappa shape index (κ1) is 21.9. The molecule has 0 atom stereocenters. The van der Waals surface area contributed by atoms with Crippen LogP contribution in [0.15, 0.2) is 58.8 Å². The number of nitrogens with one attached hydrogen (secondary N) is 2. The second-order valence-electron chi connectivity index (χ2n) is 6.06. The minimum Gasteiger partial charge on any atom is -0.497 e. The normalized spacial score (nSPS) is 11.2. The third-order valence-corrected chi connectivity index (χ3v) is 5.62. The summed E-state index contributed by atoms with van der Waals surface area (Å²) in [4.78, 5) is 12.1. The van der Waals surface area contributed by atoms with E-state index in [2.05, 4.69) is 48.6 Å². The number of rotatable bonds is 8. The summed E-state index contributed by atoms with van der Waals surface area (Å²) in [7, 11) is 1.62. The Balaban J connectivity index is 1.55. The van der Waals surface area contributed by atoms with Crippen LogP contribution < -0.4 is 21.3 Å². The molecule has 0 radical (unpaired) electrons. The van der Waals surface area contributed by atoms with Gasteiger partial charge in [-0.2, -0.15) is 5.10 Å². The van der Waals surface area contributed by atoms with E-state index in [0.29, 0.717) is 5.16 Å². The Morgan fingerprint density at radius 3 is 2.57 bits per heavy atom. The summed E-state index contributed by atoms with van der Waals surface area (Å²) in [6.45, 7) is 1.86. The predicted molar refractivity (Wildman–Crippen MR) is 128 cm³/mol. The number of carbonyl (C=O) groups excluding carboxylic acids is 1. The molecule has 3 rings (SSSR count). The molecule has 0 fully saturated rings. The monoisotopic (exact) mass is 537 g/mol. The highest BCUT2D eigenvalue weighted by molar-refractivity contribution is 14.1. The molecule has 0 saturated carbocycles. The zero-order chi connectivity index (χ0) is 21.5. The molecule has 2 aromatic carbocycles. The van der Waals surface area contributed by atoms with Gasteiger partial charge in [-0.3, -0.25) is 4.79 Å². The summed E-state index contributed by atoms with van der Waals surface area (Å²) in [6.07, 6.45) is 0. The lowest BCUT2D eigenvalue weighted by Gasteiger charge is -2.06. The number of aromatic nitrogens is 3. The van der Waals surface area contributed by atoms with Gasteiger partial charge in [-0.05, 0) is 83.6 Å². The maximum absolute atomic E-state index is 12.1. The number of amides is 1. The highest BCUT2D eigenvalue weighted by atomic mass is 127. The van der Waals surface area contributed by atoms with Gasteiger partial charge in [-0.15, -0.1) is 10.2 Å². The van der Waals surface area contributed by atoms with E-state index in [1.54, 1.807) is 7.11 Å². The molecular weight excluding hydrogens is 517 g/mol. The first-order valence-corrected chi connectivity index (χ1v) is 10.9. The van der Waals surface area contributed by atoms with Gasteiger partial charge in [0.2, 0.25) is 11.1 Å². The Bertz CT molecular complexity index is 1040. The Kier molecular flexibility index (Phi) is 7.52. The van der Waals surface area contributed by atoms with E-state index in [-0.39, 0.29) is 17.6 Å². The molecule has 1 amide bonds. The van der Waals surface area contributed by atoms with Gasteiger partial charge in [0.05, 0.1) is 18.6 Å². The third kappa shape index (κ3) is 5.86. The molecule has 156 valence electrons. The average molecular weight is 537 g/mol. The van der Waals surface area contributed by atoms with Crippen molar-refractivity contribution in [1.29, 1.82) is 0 Å². The molecule has 1 aromatic heterocycles. The van der Waals surface area contributed by atoms with Crippen LogP contribution in [0.3, 0.4) is 0 Å². The molecule has 0 aliphatic heterocycles. The van der Waals surface area contributed by atoms with Gasteiger partial charge in [0, 0.05) is 9.26 Å². The second-order valence-corrected chi connectivity index (χ2v) is 8.25. The molecule has 0 aliphatic carbocycles. The number of nitrogen functional groups attached to an aromatic ring is 1. The zero-order valence-electron chi connectivity index (χ0n) is 16.3. The summed E-state index contributed by atoms with van der Waals surface area (Å²) in [5, 5.41) is 15.5. The third-order valence-electron chi connectivity index (χ3n) is 3.96. The van der Waals surface area contributed by atoms with Crippen LogP contribution in [0.25, 0.3) is 0 Å². The summed E-state index contributed by atoms with van der Waals surface area (Å²) in [5.41, 5.74) is 5.20. The molecule has 0 aliphatic rings. The second kappa shape index (κ2) is 10.3. The molecule has 0 unspecified atom stereocenters. The number of methoxy groups -OCH3 is 1. The summed E-state index contributed by atoms with van der Waals surface area (Å²) >= 11 is 3.39. The number of anilines is 2. The number of hydrogen-bond acceptors (Lipinski definition) is 8. The van der Waals surface area contributed by atoms with Crippen molar-refractivity contribution in [2.45, 2.75) is 12.1 Å². The lowest BCUT2D eigenvalue weighted by atomic mass is 10.1. The van der Waals surface area contributed by atoms with Crippen LogP contribution >= 0.6 is 34.4 Å². The predicted octanol–water partition coefficient (Wildman–Crippen LogP) is 3.17. The number of benzene rings is 2. The van der Waals surface area contributed by atoms with Crippen LogP contribution in [-0.4, -0.2) is 39.4 Å². The van der Waals surface area contributed by atoms with Crippen LogP contribution in [0.2, 0.25) is 0 Å². The number of ether oxygens (including phenoxy) is 1. The van der Waals surface area contributed by atoms with E-state index < -0.39 is 0 Å². The largest absolute Gasteiger partial charge is 0.497 e. The van der Waals surface area contributed by atoms with Gasteiger partial charge in [-0.1, -0.05) is 11.8 Å². The number of thioether (sulfide) groups is 1. The summed E-state index contributed by atoms with van der Waals surface area (Å²) in [5.74, 6) is 7.04. The van der Waals surface area contributed by atoms with Gasteiger partial charge < -0.3 is 15.9 Å². The Morgan fingerprint density at radius 1 is 1.20 bits per heavy atom. The smallest absolute Gasteiger partial charge is 0.264 e. The maximum atomic E-state index is 12.1. The van der Waals surface area contributed by atoms with Crippen molar-refractivity contribution in [3.05, 3.63) is 57.7 Å². The van der Waals surface area contributed by atoms with Crippen molar-refractivity contribution < 1.29 is 9.53 Å². The molecule has 3 aromatic rings. The van der Waals surface area contributed by atoms with Crippen molar-refractivity contribution in [1.82, 2.24) is 14.9 Å². The van der Waals surface area contributed by atoms with Crippen LogP contribution in [0.1, 0.15) is 12.5 Å². The fraction of sp³-hybridized carbons (Fsp3) is 0.158. The van der Waals surface area contributed by atoms with Crippen LogP contribution in [-0.2, 0) is 4.79 Å². The van der Waals surface area contributed by atoms with E-state index in [4.69, 9.17) is 10.6 Å². The highest BCUT2D eigenvalue weighted by Crippen LogP contribution is 2.18. The highest BCUT2D eigenvalue weighted by Gasteiger charge is 2.12. The van der Waals surface area contributed by atoms with E-state index in [1.807, 2.05) is 55.5 Å². The van der Waals surface area contributed by atoms with Gasteiger partial charge in [0.15, 0.2) is 0 Å². The lowest BCUT2D eigenvalue weighted by molar-refractivity contribution is -0.113. The van der Waals surface area contributed by atoms with Gasteiger partial charge in [-0.25, -0.2) is 10.1 Å². The minimum absolute atomic E-state index is 0.148. The topological polar surface area (TPSA) is 119 Å². The molecule has 0 saturated heterocycles. The Hall–Kier alpha value is -2.80. The van der Waals surface area contributed by atoms with Gasteiger partial charge >= 0.3 is 0 Å². The van der Waals surface area contributed by atoms with E-state index in [9.17, 15) is 4.79 Å². The van der Waals surface area contributed by atoms with Gasteiger partial charge in [0.25, 0.3) is 5.95 Å². The van der Waals surface area contributed by atoms with Crippen molar-refractivity contribution in [2.75, 3.05) is 29.4 Å². The molecule has 30 heavy (non-hydrogen) atoms. The van der Waals surface area contributed by atoms with Crippen molar-refractivity contribution in [3.63, 3.8) is 0 Å². The Morgan fingerprint density at radius 2 is 1.90 bits per heavy atom. The van der Waals surface area contributed by atoms with Crippen LogP contribution in [0.5, 0.6) is 5.75 Å². The Labute approximate surface area is 191 Å². The van der Waals surface area contributed by atoms with Gasteiger partial charge in [0.1, 0.15) is 5.75 Å². The van der Waals surface area contributed by atoms with Crippen molar-refractivity contribution in [3.8, 4) is 5.75 Å². The van der Waals surface area contributed by atoms with Crippen LogP contribution in [0, 0.1) is 3.57 Å². The lowest BCUT2D eigenvalue weighted by Crippen LogP contribution is -2.17. The zero-order valence-corrected chi connectivity index (χ0v) is 19.3. The average Bonchev–Trinajstić information content (AvgIpc) is 3.11. The molecule has 0 spiro atoms. The fourth-order valence-corrected chi connectivity index (χ4v) is 3.36. The number of nitrogens with zero attached hydrogens (tertiary/aromatic N) is 4. The van der Waals surface area contributed by atoms with E-state index >= 15 is 0 Å². The van der Waals surface area contributed by atoms with Crippen molar-refractivity contribution >= 4 is 57.6 Å². The number of hydrogen-bond donors (Lipinski definition) is 3. The number of nitrogens with two attached hydrogens (primary N) is 1. The first-order valence-electron chi connectivity index (χ1n) is 8.79. The summed E-state index contributed by atoms with van der Waals surface area (Å²) in [6, 6.07) is 15.1. The first-order chi connectivity index (χ1) is 14.5. The molecule has 4 N–H and O–H groups in total. The van der Waals surface area contributed by atoms with E-state index in [1.165, 1.54) is 16.4 Å². The number of halogens is 1. The molecule has 1 heterocycles. The van der Waals surface area contributed by atoms with Crippen molar-refractivity contribution in [2.24, 2.45) is 5.10 Å². The SMILES string of the molecule is COc1ccc(/C(C)=N/Nc2nnc(SCC(=O)Nc3ccc(I)cc3)n2N)cc1.